The molecule has 0 spiro atoms. The predicted octanol–water partition coefficient (Wildman–Crippen LogP) is 5.80. The maximum absolute atomic E-state index is 6.89. The summed E-state index contributed by atoms with van der Waals surface area (Å²) >= 11 is 6.89. The fourth-order valence-electron chi connectivity index (χ4n) is 4.19. The first-order valence-corrected chi connectivity index (χ1v) is 8.45. The molecule has 104 valence electrons. The van der Waals surface area contributed by atoms with Gasteiger partial charge in [0, 0.05) is 0 Å². The molecule has 2 aromatic carbocycles. The number of hydrogen-bond acceptors (Lipinski definition) is 0. The molecule has 0 N–H and O–H groups in total. The van der Waals surface area contributed by atoms with E-state index in [2.05, 4.69) is 30.3 Å². The highest BCUT2D eigenvalue weighted by molar-refractivity contribution is 6.22. The molecule has 0 radical (unpaired) electrons. The van der Waals surface area contributed by atoms with E-state index in [1.165, 1.54) is 72.4 Å². The number of halogens is 1. The van der Waals surface area contributed by atoms with E-state index >= 15 is 0 Å². The number of rotatable bonds is 2. The Bertz CT molecular complexity index is 627. The molecule has 1 fully saturated rings. The van der Waals surface area contributed by atoms with Crippen LogP contribution < -0.4 is 0 Å². The second-order valence-electron chi connectivity index (χ2n) is 6.45. The van der Waals surface area contributed by atoms with Gasteiger partial charge in [-0.3, -0.25) is 0 Å². The van der Waals surface area contributed by atoms with Crippen LogP contribution in [0.15, 0.2) is 30.3 Å². The Morgan fingerprint density at radius 1 is 0.900 bits per heavy atom. The van der Waals surface area contributed by atoms with E-state index in [1.54, 1.807) is 0 Å². The third-order valence-corrected chi connectivity index (χ3v) is 5.86. The van der Waals surface area contributed by atoms with Crippen LogP contribution in [0, 0.1) is 5.92 Å². The van der Waals surface area contributed by atoms with Gasteiger partial charge in [-0.2, -0.15) is 0 Å². The summed E-state index contributed by atoms with van der Waals surface area (Å²) in [6.07, 6.45) is 9.11. The zero-order chi connectivity index (χ0) is 13.5. The molecular weight excluding hydrogens is 264 g/mol. The van der Waals surface area contributed by atoms with Crippen LogP contribution in [0.2, 0.25) is 0 Å². The van der Waals surface area contributed by atoms with E-state index in [0.29, 0.717) is 5.92 Å². The van der Waals surface area contributed by atoms with Gasteiger partial charge in [-0.15, -0.1) is 11.6 Å². The molecule has 0 amide bonds. The molecule has 4 rings (SSSR count). The van der Waals surface area contributed by atoms with E-state index in [-0.39, 0.29) is 5.38 Å². The summed E-state index contributed by atoms with van der Waals surface area (Å²) in [5.74, 6) is 0.670. The molecule has 2 aliphatic carbocycles. The third-order valence-electron chi connectivity index (χ3n) is 5.27. The normalized spacial score (nSPS) is 20.4. The van der Waals surface area contributed by atoms with Gasteiger partial charge in [0.15, 0.2) is 0 Å². The van der Waals surface area contributed by atoms with Gasteiger partial charge >= 0.3 is 0 Å². The molecule has 0 bridgehead atoms. The van der Waals surface area contributed by atoms with E-state index in [4.69, 9.17) is 11.6 Å². The minimum Gasteiger partial charge on any atom is -0.117 e. The number of alkyl halides is 1. The lowest BCUT2D eigenvalue weighted by molar-refractivity contribution is 0.349. The molecule has 0 heterocycles. The van der Waals surface area contributed by atoms with Crippen molar-refractivity contribution >= 4 is 22.4 Å². The van der Waals surface area contributed by atoms with Crippen molar-refractivity contribution < 1.29 is 0 Å². The number of aryl methyl sites for hydroxylation is 2. The molecule has 1 heteroatoms. The van der Waals surface area contributed by atoms with Crippen molar-refractivity contribution in [2.75, 3.05) is 0 Å². The number of benzene rings is 2. The lowest BCUT2D eigenvalue weighted by Gasteiger charge is -2.27. The molecule has 0 aliphatic heterocycles. The molecule has 2 aromatic rings. The maximum Gasteiger partial charge on any atom is 0.0619 e. The molecule has 0 saturated heterocycles. The summed E-state index contributed by atoms with van der Waals surface area (Å²) in [7, 11) is 0. The zero-order valence-corrected chi connectivity index (χ0v) is 12.6. The Labute approximate surface area is 126 Å². The topological polar surface area (TPSA) is 0 Å². The highest BCUT2D eigenvalue weighted by atomic mass is 35.5. The molecule has 1 atom stereocenters. The monoisotopic (exact) mass is 284 g/mol. The van der Waals surface area contributed by atoms with Gasteiger partial charge in [0.1, 0.15) is 0 Å². The Kier molecular flexibility index (Phi) is 3.22. The van der Waals surface area contributed by atoms with Crippen molar-refractivity contribution in [1.29, 1.82) is 0 Å². The Balaban J connectivity index is 1.80. The van der Waals surface area contributed by atoms with Gasteiger partial charge in [0.25, 0.3) is 0 Å². The first-order valence-electron chi connectivity index (χ1n) is 8.02. The smallest absolute Gasteiger partial charge is 0.0619 e. The first kappa shape index (κ1) is 12.7. The number of hydrogen-bond donors (Lipinski definition) is 0. The van der Waals surface area contributed by atoms with E-state index in [1.807, 2.05) is 0 Å². The fourth-order valence-corrected chi connectivity index (χ4v) is 4.63. The molecule has 0 aromatic heterocycles. The van der Waals surface area contributed by atoms with Crippen LogP contribution >= 0.6 is 11.6 Å². The molecule has 2 aliphatic rings. The summed E-state index contributed by atoms with van der Waals surface area (Å²) in [6.45, 7) is 0. The molecule has 0 nitrogen and oxygen atoms in total. The van der Waals surface area contributed by atoms with Gasteiger partial charge in [-0.25, -0.2) is 0 Å². The first-order chi connectivity index (χ1) is 9.84. The van der Waals surface area contributed by atoms with Gasteiger partial charge < -0.3 is 0 Å². The van der Waals surface area contributed by atoms with Crippen molar-refractivity contribution in [3.63, 3.8) is 0 Å². The predicted molar refractivity (Wildman–Crippen MR) is 86.5 cm³/mol. The van der Waals surface area contributed by atoms with Crippen LogP contribution in [-0.4, -0.2) is 0 Å². The van der Waals surface area contributed by atoms with Crippen LogP contribution in [0.3, 0.4) is 0 Å². The van der Waals surface area contributed by atoms with Gasteiger partial charge in [-0.1, -0.05) is 49.6 Å². The summed E-state index contributed by atoms with van der Waals surface area (Å²) in [4.78, 5) is 0. The standard InChI is InChI=1S/C19H21Cl/c20-19(15-5-2-1-3-6-15)17-12-11-14-10-9-13-7-4-8-16(17)18(13)14/h4,7-8,11-12,15,19H,1-3,5-6,9-10H2. The van der Waals surface area contributed by atoms with Crippen molar-refractivity contribution in [3.8, 4) is 0 Å². The lowest BCUT2D eigenvalue weighted by atomic mass is 9.83. The Morgan fingerprint density at radius 3 is 2.45 bits per heavy atom. The second kappa shape index (κ2) is 5.07. The van der Waals surface area contributed by atoms with Gasteiger partial charge in [-0.05, 0) is 59.1 Å². The third kappa shape index (κ3) is 1.97. The van der Waals surface area contributed by atoms with Crippen LogP contribution in [-0.2, 0) is 12.8 Å². The molecule has 1 unspecified atom stereocenters. The summed E-state index contributed by atoms with van der Waals surface area (Å²) in [5.41, 5.74) is 4.42. The lowest BCUT2D eigenvalue weighted by Crippen LogP contribution is -2.12. The molecular formula is C19H21Cl. The Morgan fingerprint density at radius 2 is 1.65 bits per heavy atom. The van der Waals surface area contributed by atoms with Crippen LogP contribution in [0.4, 0.5) is 0 Å². The quantitative estimate of drug-likeness (QED) is 0.612. The fraction of sp³-hybridized carbons (Fsp3) is 0.474. The summed E-state index contributed by atoms with van der Waals surface area (Å²) < 4.78 is 0. The highest BCUT2D eigenvalue weighted by Gasteiger charge is 2.26. The van der Waals surface area contributed by atoms with E-state index in [9.17, 15) is 0 Å². The van der Waals surface area contributed by atoms with Crippen molar-refractivity contribution in [2.24, 2.45) is 5.92 Å². The highest BCUT2D eigenvalue weighted by Crippen LogP contribution is 2.43. The van der Waals surface area contributed by atoms with Crippen LogP contribution in [0.1, 0.15) is 54.2 Å². The van der Waals surface area contributed by atoms with Crippen LogP contribution in [0.25, 0.3) is 10.8 Å². The maximum atomic E-state index is 6.89. The van der Waals surface area contributed by atoms with E-state index in [0.717, 1.165) is 0 Å². The summed E-state index contributed by atoms with van der Waals surface area (Å²) in [5, 5.41) is 3.12. The van der Waals surface area contributed by atoms with Crippen LogP contribution in [0.5, 0.6) is 0 Å². The average Bonchev–Trinajstić information content (AvgIpc) is 2.93. The minimum atomic E-state index is 0.195. The van der Waals surface area contributed by atoms with E-state index < -0.39 is 0 Å². The molecule has 20 heavy (non-hydrogen) atoms. The minimum absolute atomic E-state index is 0.195. The zero-order valence-electron chi connectivity index (χ0n) is 11.9. The molecule has 1 saturated carbocycles. The second-order valence-corrected chi connectivity index (χ2v) is 6.92. The van der Waals surface area contributed by atoms with Crippen molar-refractivity contribution in [2.45, 2.75) is 50.3 Å². The Hall–Kier alpha value is -1.01. The van der Waals surface area contributed by atoms with Gasteiger partial charge in [0.2, 0.25) is 0 Å². The average molecular weight is 285 g/mol. The SMILES string of the molecule is ClC(c1ccc2c3c(cccc13)CC2)C1CCCCC1. The largest absolute Gasteiger partial charge is 0.117 e. The van der Waals surface area contributed by atoms with Crippen molar-refractivity contribution in [3.05, 3.63) is 47.0 Å². The van der Waals surface area contributed by atoms with Crippen molar-refractivity contribution in [1.82, 2.24) is 0 Å². The van der Waals surface area contributed by atoms with Gasteiger partial charge in [0.05, 0.1) is 5.38 Å². The summed E-state index contributed by atoms with van der Waals surface area (Å²) in [6, 6.07) is 11.4.